The fourth-order valence-corrected chi connectivity index (χ4v) is 0.414. The summed E-state index contributed by atoms with van der Waals surface area (Å²) in [4.78, 5) is 2.16. The van der Waals surface area contributed by atoms with E-state index in [1.165, 1.54) is 5.57 Å². The predicted octanol–water partition coefficient (Wildman–Crippen LogP) is 1.94. The number of nitrogens with zero attached hydrogens (tertiary/aromatic N) is 1. The van der Waals surface area contributed by atoms with E-state index in [0.29, 0.717) is 0 Å². The van der Waals surface area contributed by atoms with Crippen molar-refractivity contribution in [1.29, 1.82) is 0 Å². The van der Waals surface area contributed by atoms with Crippen molar-refractivity contribution in [2.24, 2.45) is 0 Å². The molecule has 0 aliphatic rings. The minimum Gasteiger partial charge on any atom is -0.309 e. The van der Waals surface area contributed by atoms with Crippen LogP contribution in [0.1, 0.15) is 13.3 Å². The summed E-state index contributed by atoms with van der Waals surface area (Å²) in [6, 6.07) is 0. The molecule has 0 spiro atoms. The topological polar surface area (TPSA) is 3.24 Å². The van der Waals surface area contributed by atoms with Gasteiger partial charge in [0.05, 0.1) is 0 Å². The molecule has 2 heteroatoms. The third-order valence-corrected chi connectivity index (χ3v) is 0.986. The van der Waals surface area contributed by atoms with Crippen LogP contribution in [-0.4, -0.2) is 25.5 Å². The van der Waals surface area contributed by atoms with Gasteiger partial charge in [-0.05, 0) is 27.4 Å². The molecule has 0 aliphatic heterocycles. The van der Waals surface area contributed by atoms with Crippen LogP contribution in [0, 0.1) is 0 Å². The lowest BCUT2D eigenvalue weighted by molar-refractivity contribution is 0.413. The highest BCUT2D eigenvalue weighted by Gasteiger charge is 1.87. The molecule has 0 amide bonds. The van der Waals surface area contributed by atoms with Crippen LogP contribution in [-0.2, 0) is 0 Å². The highest BCUT2D eigenvalue weighted by molar-refractivity contribution is 5.85. The molecule has 0 aromatic rings. The summed E-state index contributed by atoms with van der Waals surface area (Å²) < 4.78 is 0. The van der Waals surface area contributed by atoms with Crippen LogP contribution in [0.15, 0.2) is 12.2 Å². The van der Waals surface area contributed by atoms with Crippen molar-refractivity contribution in [3.8, 4) is 0 Å². The molecule has 0 aromatic carbocycles. The molecule has 1 nitrogen and oxygen atoms in total. The van der Waals surface area contributed by atoms with Crippen LogP contribution in [0.2, 0.25) is 0 Å². The molecule has 0 atom stereocenters. The quantitative estimate of drug-likeness (QED) is 0.555. The van der Waals surface area contributed by atoms with Crippen molar-refractivity contribution >= 4 is 12.4 Å². The molecule has 0 saturated carbocycles. The van der Waals surface area contributed by atoms with E-state index in [-0.39, 0.29) is 12.4 Å². The molecule has 0 heterocycles. The van der Waals surface area contributed by atoms with E-state index in [9.17, 15) is 0 Å². The molecule has 56 valence electrons. The molecule has 9 heavy (non-hydrogen) atoms. The molecular weight excluding hydrogens is 134 g/mol. The van der Waals surface area contributed by atoms with Crippen LogP contribution < -0.4 is 0 Å². The lowest BCUT2D eigenvalue weighted by atomic mass is 10.2. The van der Waals surface area contributed by atoms with Crippen molar-refractivity contribution < 1.29 is 0 Å². The van der Waals surface area contributed by atoms with E-state index in [0.717, 1.165) is 13.0 Å². The van der Waals surface area contributed by atoms with Crippen LogP contribution >= 0.6 is 12.4 Å². The molecule has 0 fully saturated rings. The molecular formula is C7H16ClN. The van der Waals surface area contributed by atoms with Crippen molar-refractivity contribution in [3.63, 3.8) is 0 Å². The third kappa shape index (κ3) is 11.5. The SMILES string of the molecule is C=C(C)CCN(C)C.Cl. The van der Waals surface area contributed by atoms with Gasteiger partial charge in [-0.2, -0.15) is 0 Å². The van der Waals surface area contributed by atoms with Crippen LogP contribution in [0.3, 0.4) is 0 Å². The van der Waals surface area contributed by atoms with E-state index in [1.807, 2.05) is 0 Å². The molecule has 0 aromatic heterocycles. The average molecular weight is 150 g/mol. The summed E-state index contributed by atoms with van der Waals surface area (Å²) >= 11 is 0. The highest BCUT2D eigenvalue weighted by atomic mass is 35.5. The van der Waals surface area contributed by atoms with Crippen molar-refractivity contribution in [3.05, 3.63) is 12.2 Å². The Morgan fingerprint density at radius 2 is 1.89 bits per heavy atom. The highest BCUT2D eigenvalue weighted by Crippen LogP contribution is 1.94. The first kappa shape index (κ1) is 11.7. The van der Waals surface area contributed by atoms with E-state index < -0.39 is 0 Å². The molecule has 0 N–H and O–H groups in total. The summed E-state index contributed by atoms with van der Waals surface area (Å²) in [5.41, 5.74) is 1.26. The van der Waals surface area contributed by atoms with Gasteiger partial charge in [0, 0.05) is 6.54 Å². The summed E-state index contributed by atoms with van der Waals surface area (Å²) in [6.07, 6.45) is 1.12. The maximum absolute atomic E-state index is 3.80. The Hall–Kier alpha value is -0.0100. The summed E-state index contributed by atoms with van der Waals surface area (Å²) in [7, 11) is 4.14. The Balaban J connectivity index is 0. The van der Waals surface area contributed by atoms with Gasteiger partial charge in [0.15, 0.2) is 0 Å². The number of halogens is 1. The second-order valence-corrected chi connectivity index (χ2v) is 2.51. The first-order valence-corrected chi connectivity index (χ1v) is 2.92. The lowest BCUT2D eigenvalue weighted by Crippen LogP contribution is -2.12. The van der Waals surface area contributed by atoms with Gasteiger partial charge in [-0.1, -0.05) is 5.57 Å². The van der Waals surface area contributed by atoms with Gasteiger partial charge in [0.25, 0.3) is 0 Å². The van der Waals surface area contributed by atoms with Crippen LogP contribution in [0.5, 0.6) is 0 Å². The Morgan fingerprint density at radius 3 is 2.00 bits per heavy atom. The first-order chi connectivity index (χ1) is 3.63. The van der Waals surface area contributed by atoms with Gasteiger partial charge in [-0.25, -0.2) is 0 Å². The molecule has 0 aliphatic carbocycles. The van der Waals surface area contributed by atoms with Crippen molar-refractivity contribution in [1.82, 2.24) is 4.90 Å². The minimum absolute atomic E-state index is 0. The van der Waals surface area contributed by atoms with Crippen LogP contribution in [0.4, 0.5) is 0 Å². The maximum Gasteiger partial charge on any atom is 0.00123 e. The molecule has 0 radical (unpaired) electrons. The Bertz CT molecular complexity index is 79.0. The largest absolute Gasteiger partial charge is 0.309 e. The van der Waals surface area contributed by atoms with Crippen molar-refractivity contribution in [2.45, 2.75) is 13.3 Å². The molecule has 0 rings (SSSR count). The molecule has 0 unspecified atom stereocenters. The van der Waals surface area contributed by atoms with Gasteiger partial charge in [-0.15, -0.1) is 19.0 Å². The van der Waals surface area contributed by atoms with Gasteiger partial charge < -0.3 is 4.90 Å². The Labute approximate surface area is 64.2 Å². The van der Waals surface area contributed by atoms with E-state index in [4.69, 9.17) is 0 Å². The van der Waals surface area contributed by atoms with Gasteiger partial charge in [-0.3, -0.25) is 0 Å². The first-order valence-electron chi connectivity index (χ1n) is 2.92. The fraction of sp³-hybridized carbons (Fsp3) is 0.714. The zero-order valence-electron chi connectivity index (χ0n) is 6.48. The molecule has 0 bridgehead atoms. The predicted molar refractivity (Wildman–Crippen MR) is 45.2 cm³/mol. The van der Waals surface area contributed by atoms with Crippen molar-refractivity contribution in [2.75, 3.05) is 20.6 Å². The fourth-order valence-electron chi connectivity index (χ4n) is 0.414. The summed E-state index contributed by atoms with van der Waals surface area (Å²) in [5.74, 6) is 0. The Kier molecular flexibility index (Phi) is 7.98. The average Bonchev–Trinajstić information content (AvgIpc) is 1.61. The molecule has 0 saturated heterocycles. The Morgan fingerprint density at radius 1 is 1.44 bits per heavy atom. The van der Waals surface area contributed by atoms with Gasteiger partial charge in [0.2, 0.25) is 0 Å². The zero-order valence-corrected chi connectivity index (χ0v) is 7.29. The summed E-state index contributed by atoms with van der Waals surface area (Å²) in [5, 5.41) is 0. The lowest BCUT2D eigenvalue weighted by Gasteiger charge is -2.07. The normalized spacial score (nSPS) is 8.89. The van der Waals surface area contributed by atoms with Gasteiger partial charge in [0.1, 0.15) is 0 Å². The van der Waals surface area contributed by atoms with Crippen LogP contribution in [0.25, 0.3) is 0 Å². The second-order valence-electron chi connectivity index (χ2n) is 2.51. The maximum atomic E-state index is 3.80. The minimum atomic E-state index is 0. The summed E-state index contributed by atoms with van der Waals surface area (Å²) in [6.45, 7) is 6.98. The van der Waals surface area contributed by atoms with E-state index in [1.54, 1.807) is 0 Å². The van der Waals surface area contributed by atoms with Gasteiger partial charge >= 0.3 is 0 Å². The smallest absolute Gasteiger partial charge is 0.00123 e. The number of hydrogen-bond donors (Lipinski definition) is 0. The number of hydrogen-bond acceptors (Lipinski definition) is 1. The monoisotopic (exact) mass is 149 g/mol. The van der Waals surface area contributed by atoms with E-state index in [2.05, 4.69) is 32.5 Å². The number of rotatable bonds is 3. The second kappa shape index (κ2) is 6.12. The standard InChI is InChI=1S/C7H15N.ClH/c1-7(2)5-6-8(3)4;/h1,5-6H2,2-4H3;1H. The zero-order chi connectivity index (χ0) is 6.57. The van der Waals surface area contributed by atoms with E-state index >= 15 is 0 Å². The third-order valence-electron chi connectivity index (χ3n) is 0.986.